The van der Waals surface area contributed by atoms with E-state index in [1.165, 1.54) is 11.4 Å². The predicted molar refractivity (Wildman–Crippen MR) is 145 cm³/mol. The van der Waals surface area contributed by atoms with E-state index in [0.29, 0.717) is 6.54 Å². The van der Waals surface area contributed by atoms with Crippen LogP contribution in [0.15, 0.2) is 72.8 Å². The minimum absolute atomic E-state index is 0.0441. The van der Waals surface area contributed by atoms with E-state index < -0.39 is 0 Å². The molecule has 0 N–H and O–H groups in total. The Labute approximate surface area is 213 Å². The van der Waals surface area contributed by atoms with Gasteiger partial charge in [-0.2, -0.15) is 5.10 Å². The van der Waals surface area contributed by atoms with Crippen molar-refractivity contribution in [1.82, 2.24) is 19.2 Å². The fraction of sp³-hybridized carbons (Fsp3) is 0.333. The maximum atomic E-state index is 13.3. The van der Waals surface area contributed by atoms with Crippen molar-refractivity contribution in [3.8, 4) is 11.4 Å². The fourth-order valence-electron chi connectivity index (χ4n) is 5.41. The Morgan fingerprint density at radius 2 is 1.47 bits per heavy atom. The number of hydrogen-bond acceptors (Lipinski definition) is 3. The molecule has 2 aromatic carbocycles. The van der Waals surface area contributed by atoms with Crippen LogP contribution in [-0.4, -0.2) is 45.3 Å². The zero-order valence-corrected chi connectivity index (χ0v) is 21.7. The topological polar surface area (TPSA) is 46.3 Å². The molecular formula is C30H35N5O. The molecule has 1 amide bonds. The molecule has 1 fully saturated rings. The van der Waals surface area contributed by atoms with Gasteiger partial charge in [0.1, 0.15) is 5.69 Å². The SMILES string of the molecule is Cc1nn(-c2ccccc2)c(N2CCC(C(=O)N(C)Cc3ccccc3)CC2)c1-n1c(C)ccc1C. The summed E-state index contributed by atoms with van der Waals surface area (Å²) in [5.74, 6) is 1.39. The number of amides is 1. The summed E-state index contributed by atoms with van der Waals surface area (Å²) in [5.41, 5.74) is 6.72. The highest BCUT2D eigenvalue weighted by Gasteiger charge is 2.31. The molecule has 6 nitrogen and oxygen atoms in total. The van der Waals surface area contributed by atoms with Crippen LogP contribution in [0.4, 0.5) is 5.82 Å². The molecule has 36 heavy (non-hydrogen) atoms. The van der Waals surface area contributed by atoms with E-state index in [1.54, 1.807) is 0 Å². The number of nitrogens with zero attached hydrogens (tertiary/aromatic N) is 5. The lowest BCUT2D eigenvalue weighted by Crippen LogP contribution is -2.42. The van der Waals surface area contributed by atoms with Gasteiger partial charge in [-0.1, -0.05) is 48.5 Å². The number of aromatic nitrogens is 3. The third-order valence-corrected chi connectivity index (χ3v) is 7.28. The fourth-order valence-corrected chi connectivity index (χ4v) is 5.41. The lowest BCUT2D eigenvalue weighted by molar-refractivity contribution is -0.135. The van der Waals surface area contributed by atoms with Crippen molar-refractivity contribution < 1.29 is 4.79 Å². The van der Waals surface area contributed by atoms with E-state index in [4.69, 9.17) is 5.10 Å². The Morgan fingerprint density at radius 1 is 0.889 bits per heavy atom. The monoisotopic (exact) mass is 481 g/mol. The summed E-state index contributed by atoms with van der Waals surface area (Å²) in [6.45, 7) is 8.66. The molecule has 0 radical (unpaired) electrons. The molecule has 6 heteroatoms. The minimum Gasteiger partial charge on any atom is -0.355 e. The summed E-state index contributed by atoms with van der Waals surface area (Å²) in [4.78, 5) is 17.6. The first-order chi connectivity index (χ1) is 17.4. The highest BCUT2D eigenvalue weighted by molar-refractivity contribution is 5.79. The standard InChI is InChI=1S/C30H35N5O/c1-22-15-16-23(2)34(22)28-24(3)31-35(27-13-9-6-10-14-27)29(28)33-19-17-26(18-20-33)30(36)32(4)21-25-11-7-5-8-12-25/h5-16,26H,17-21H2,1-4H3. The van der Waals surface area contributed by atoms with Crippen LogP contribution in [0.3, 0.4) is 0 Å². The highest BCUT2D eigenvalue weighted by Crippen LogP contribution is 2.35. The van der Waals surface area contributed by atoms with Gasteiger partial charge in [0, 0.05) is 44.0 Å². The molecule has 1 saturated heterocycles. The third-order valence-electron chi connectivity index (χ3n) is 7.28. The molecule has 2 aromatic heterocycles. The smallest absolute Gasteiger partial charge is 0.225 e. The van der Waals surface area contributed by atoms with Crippen molar-refractivity contribution in [2.75, 3.05) is 25.0 Å². The summed E-state index contributed by atoms with van der Waals surface area (Å²) in [7, 11) is 1.92. The summed E-state index contributed by atoms with van der Waals surface area (Å²) in [6.07, 6.45) is 1.67. The molecule has 3 heterocycles. The second kappa shape index (κ2) is 10.1. The summed E-state index contributed by atoms with van der Waals surface area (Å²) in [6, 6.07) is 24.9. The van der Waals surface area contributed by atoms with Crippen LogP contribution >= 0.6 is 0 Å². The van der Waals surface area contributed by atoms with Crippen molar-refractivity contribution in [3.05, 3.63) is 95.4 Å². The molecule has 1 aliphatic heterocycles. The molecule has 0 bridgehead atoms. The lowest BCUT2D eigenvalue weighted by Gasteiger charge is -2.35. The van der Waals surface area contributed by atoms with Crippen molar-refractivity contribution in [2.24, 2.45) is 5.92 Å². The van der Waals surface area contributed by atoms with Crippen LogP contribution in [0.2, 0.25) is 0 Å². The number of hydrogen-bond donors (Lipinski definition) is 0. The largest absolute Gasteiger partial charge is 0.355 e. The summed E-state index contributed by atoms with van der Waals surface area (Å²) < 4.78 is 4.38. The molecular weight excluding hydrogens is 446 g/mol. The van der Waals surface area contributed by atoms with Gasteiger partial charge in [-0.15, -0.1) is 0 Å². The van der Waals surface area contributed by atoms with E-state index in [-0.39, 0.29) is 11.8 Å². The summed E-state index contributed by atoms with van der Waals surface area (Å²) in [5, 5.41) is 5.00. The molecule has 0 atom stereocenters. The molecule has 1 aliphatic rings. The highest BCUT2D eigenvalue weighted by atomic mass is 16.2. The number of piperidine rings is 1. The third kappa shape index (κ3) is 4.55. The predicted octanol–water partition coefficient (Wildman–Crippen LogP) is 5.46. The zero-order chi connectivity index (χ0) is 25.2. The number of carbonyl (C=O) groups excluding carboxylic acids is 1. The first-order valence-electron chi connectivity index (χ1n) is 12.8. The first-order valence-corrected chi connectivity index (χ1v) is 12.8. The number of rotatable bonds is 6. The molecule has 186 valence electrons. The molecule has 0 spiro atoms. The van der Waals surface area contributed by atoms with Gasteiger partial charge in [0.2, 0.25) is 5.91 Å². The van der Waals surface area contributed by atoms with Crippen LogP contribution in [0, 0.1) is 26.7 Å². The Balaban J connectivity index is 1.42. The summed E-state index contributed by atoms with van der Waals surface area (Å²) >= 11 is 0. The van der Waals surface area contributed by atoms with Crippen molar-refractivity contribution in [3.63, 3.8) is 0 Å². The van der Waals surface area contributed by atoms with Crippen LogP contribution < -0.4 is 4.90 Å². The first kappa shape index (κ1) is 23.9. The number of carbonyl (C=O) groups is 1. The Hall–Kier alpha value is -3.80. The zero-order valence-electron chi connectivity index (χ0n) is 21.7. The van der Waals surface area contributed by atoms with Crippen LogP contribution in [-0.2, 0) is 11.3 Å². The Kier molecular flexibility index (Phi) is 6.68. The molecule has 5 rings (SSSR count). The van der Waals surface area contributed by atoms with E-state index >= 15 is 0 Å². The molecule has 4 aromatic rings. The van der Waals surface area contributed by atoms with Crippen LogP contribution in [0.5, 0.6) is 0 Å². The average molecular weight is 482 g/mol. The van der Waals surface area contributed by atoms with Gasteiger partial charge in [0.05, 0.1) is 11.4 Å². The Bertz CT molecular complexity index is 1310. The number of para-hydroxylation sites is 1. The maximum Gasteiger partial charge on any atom is 0.225 e. The van der Waals surface area contributed by atoms with Gasteiger partial charge in [-0.25, -0.2) is 4.68 Å². The van der Waals surface area contributed by atoms with E-state index in [2.05, 4.69) is 83.5 Å². The maximum absolute atomic E-state index is 13.3. The van der Waals surface area contributed by atoms with E-state index in [1.807, 2.05) is 36.2 Å². The number of benzene rings is 2. The van der Waals surface area contributed by atoms with Gasteiger partial charge >= 0.3 is 0 Å². The Morgan fingerprint density at radius 3 is 2.08 bits per heavy atom. The molecule has 0 unspecified atom stereocenters. The van der Waals surface area contributed by atoms with Gasteiger partial charge in [0.25, 0.3) is 0 Å². The lowest BCUT2D eigenvalue weighted by atomic mass is 9.95. The van der Waals surface area contributed by atoms with Crippen molar-refractivity contribution in [2.45, 2.75) is 40.2 Å². The average Bonchev–Trinajstić information content (AvgIpc) is 3.42. The molecule has 0 saturated carbocycles. The van der Waals surface area contributed by atoms with Crippen LogP contribution in [0.25, 0.3) is 11.4 Å². The van der Waals surface area contributed by atoms with Crippen molar-refractivity contribution >= 4 is 11.7 Å². The van der Waals surface area contributed by atoms with E-state index in [0.717, 1.165) is 54.4 Å². The quantitative estimate of drug-likeness (QED) is 0.367. The normalized spacial score (nSPS) is 14.3. The van der Waals surface area contributed by atoms with Gasteiger partial charge in [-0.3, -0.25) is 4.79 Å². The number of anilines is 1. The van der Waals surface area contributed by atoms with Gasteiger partial charge in [0.15, 0.2) is 5.82 Å². The van der Waals surface area contributed by atoms with Crippen LogP contribution in [0.1, 0.15) is 35.5 Å². The number of aryl methyl sites for hydroxylation is 3. The second-order valence-electron chi connectivity index (χ2n) is 9.90. The van der Waals surface area contributed by atoms with Gasteiger partial charge in [-0.05, 0) is 63.4 Å². The second-order valence-corrected chi connectivity index (χ2v) is 9.90. The van der Waals surface area contributed by atoms with E-state index in [9.17, 15) is 4.79 Å². The van der Waals surface area contributed by atoms with Gasteiger partial charge < -0.3 is 14.4 Å². The minimum atomic E-state index is 0.0441. The molecule has 0 aliphatic carbocycles. The van der Waals surface area contributed by atoms with Crippen molar-refractivity contribution in [1.29, 1.82) is 0 Å².